The summed E-state index contributed by atoms with van der Waals surface area (Å²) in [4.78, 5) is 40.1. The second kappa shape index (κ2) is 10.1. The molecule has 0 atom stereocenters. The number of carbonyl (C=O) groups excluding carboxylic acids is 3. The first-order valence-corrected chi connectivity index (χ1v) is 10.4. The lowest BCUT2D eigenvalue weighted by Crippen LogP contribution is -2.30. The molecule has 0 unspecified atom stereocenters. The van der Waals surface area contributed by atoms with Gasteiger partial charge in [0.2, 0.25) is 0 Å². The summed E-state index contributed by atoms with van der Waals surface area (Å²) in [6.07, 6.45) is -0.324. The summed E-state index contributed by atoms with van der Waals surface area (Å²) < 4.78 is 5.33. The number of nitrogens with one attached hydrogen (secondary N) is 2. The van der Waals surface area contributed by atoms with Crippen LogP contribution in [0.25, 0.3) is 0 Å². The number of urea groups is 1. The molecule has 1 heterocycles. The van der Waals surface area contributed by atoms with Crippen LogP contribution in [0.3, 0.4) is 0 Å². The molecule has 0 aliphatic rings. The van der Waals surface area contributed by atoms with E-state index in [1.54, 1.807) is 49.9 Å². The Balaban J connectivity index is 2.37. The number of anilines is 2. The van der Waals surface area contributed by atoms with Crippen LogP contribution in [0, 0.1) is 6.92 Å². The van der Waals surface area contributed by atoms with Crippen molar-refractivity contribution in [2.45, 2.75) is 40.7 Å². The van der Waals surface area contributed by atoms with Crippen LogP contribution in [-0.2, 0) is 4.74 Å². The maximum Gasteiger partial charge on any atom is 0.341 e. The molecule has 0 saturated carbocycles. The smallest absolute Gasteiger partial charge is 0.341 e. The zero-order chi connectivity index (χ0) is 21.6. The fraction of sp³-hybridized carbons (Fsp3) is 0.381. The highest BCUT2D eigenvalue weighted by molar-refractivity contribution is 7.18. The number of carbonyl (C=O) groups is 3. The van der Waals surface area contributed by atoms with Crippen LogP contribution in [0.2, 0.25) is 0 Å². The Labute approximate surface area is 175 Å². The van der Waals surface area contributed by atoms with E-state index in [0.717, 1.165) is 11.3 Å². The third kappa shape index (κ3) is 5.57. The molecule has 0 radical (unpaired) electrons. The van der Waals surface area contributed by atoms with Gasteiger partial charge in [0.05, 0.1) is 16.5 Å². The lowest BCUT2D eigenvalue weighted by Gasteiger charge is -2.18. The Kier molecular flexibility index (Phi) is 7.78. The Morgan fingerprint density at radius 2 is 1.69 bits per heavy atom. The van der Waals surface area contributed by atoms with Gasteiger partial charge in [0.15, 0.2) is 0 Å². The number of nitrogens with zero attached hydrogens (tertiary/aromatic N) is 1. The molecule has 156 valence electrons. The normalized spacial score (nSPS) is 10.6. The molecule has 29 heavy (non-hydrogen) atoms. The number of esters is 1. The van der Waals surface area contributed by atoms with Crippen molar-refractivity contribution in [3.8, 4) is 0 Å². The molecule has 7 nitrogen and oxygen atoms in total. The standard InChI is InChI=1S/C21H27N3O4S/c1-6-24(7-2)19(25)17-14(5)16(20(26)28-13(3)4)18(29-17)23-21(27)22-15-11-9-8-10-12-15/h8-13H,6-7H2,1-5H3,(H2,22,23,27). The lowest BCUT2D eigenvalue weighted by molar-refractivity contribution is 0.0379. The van der Waals surface area contributed by atoms with E-state index < -0.39 is 12.0 Å². The van der Waals surface area contributed by atoms with Crippen molar-refractivity contribution in [1.82, 2.24) is 4.90 Å². The third-order valence-electron chi connectivity index (χ3n) is 4.20. The van der Waals surface area contributed by atoms with E-state index in [-0.39, 0.29) is 22.6 Å². The Morgan fingerprint density at radius 1 is 1.07 bits per heavy atom. The van der Waals surface area contributed by atoms with Crippen molar-refractivity contribution in [1.29, 1.82) is 0 Å². The molecular formula is C21H27N3O4S. The molecule has 1 aromatic carbocycles. The summed E-state index contributed by atoms with van der Waals surface area (Å²) >= 11 is 1.08. The number of rotatable bonds is 7. The first kappa shape index (κ1) is 22.4. The van der Waals surface area contributed by atoms with Gasteiger partial charge in [-0.3, -0.25) is 10.1 Å². The van der Waals surface area contributed by atoms with Gasteiger partial charge < -0.3 is 15.0 Å². The van der Waals surface area contributed by atoms with Gasteiger partial charge in [0, 0.05) is 18.8 Å². The minimum absolute atomic E-state index is 0.174. The molecule has 2 N–H and O–H groups in total. The van der Waals surface area contributed by atoms with Gasteiger partial charge in [0.25, 0.3) is 5.91 Å². The minimum Gasteiger partial charge on any atom is -0.459 e. The van der Waals surface area contributed by atoms with E-state index in [2.05, 4.69) is 10.6 Å². The van der Waals surface area contributed by atoms with Crippen LogP contribution in [0.4, 0.5) is 15.5 Å². The average molecular weight is 418 g/mol. The second-order valence-corrected chi connectivity index (χ2v) is 7.66. The number of hydrogen-bond acceptors (Lipinski definition) is 5. The molecule has 0 saturated heterocycles. The molecular weight excluding hydrogens is 390 g/mol. The number of para-hydroxylation sites is 1. The van der Waals surface area contributed by atoms with Gasteiger partial charge in [0.1, 0.15) is 5.00 Å². The summed E-state index contributed by atoms with van der Waals surface area (Å²) in [5, 5.41) is 5.70. The van der Waals surface area contributed by atoms with E-state index in [0.29, 0.717) is 29.2 Å². The maximum atomic E-state index is 12.9. The second-order valence-electron chi connectivity index (χ2n) is 6.64. The largest absolute Gasteiger partial charge is 0.459 e. The monoisotopic (exact) mass is 417 g/mol. The summed E-state index contributed by atoms with van der Waals surface area (Å²) in [6, 6.07) is 8.45. The van der Waals surface area contributed by atoms with Crippen molar-refractivity contribution in [3.63, 3.8) is 0 Å². The van der Waals surface area contributed by atoms with Gasteiger partial charge in [-0.1, -0.05) is 18.2 Å². The van der Waals surface area contributed by atoms with Gasteiger partial charge in [-0.05, 0) is 52.3 Å². The van der Waals surface area contributed by atoms with Crippen LogP contribution in [-0.4, -0.2) is 42.0 Å². The fourth-order valence-electron chi connectivity index (χ4n) is 2.77. The topological polar surface area (TPSA) is 87.7 Å². The summed E-state index contributed by atoms with van der Waals surface area (Å²) in [5.41, 5.74) is 1.33. The van der Waals surface area contributed by atoms with Crippen molar-refractivity contribution >= 4 is 39.9 Å². The highest BCUT2D eigenvalue weighted by atomic mass is 32.1. The number of hydrogen-bond donors (Lipinski definition) is 2. The molecule has 3 amide bonds. The molecule has 1 aromatic heterocycles. The molecule has 0 aliphatic carbocycles. The minimum atomic E-state index is -0.567. The molecule has 2 rings (SSSR count). The SMILES string of the molecule is CCN(CC)C(=O)c1sc(NC(=O)Nc2ccccc2)c(C(=O)OC(C)C)c1C. The predicted octanol–water partition coefficient (Wildman–Crippen LogP) is 4.75. The van der Waals surface area contributed by atoms with Gasteiger partial charge >= 0.3 is 12.0 Å². The number of amides is 3. The summed E-state index contributed by atoms with van der Waals surface area (Å²) in [6.45, 7) is 10.1. The third-order valence-corrected chi connectivity index (χ3v) is 5.39. The maximum absolute atomic E-state index is 12.9. The average Bonchev–Trinajstić information content (AvgIpc) is 2.98. The van der Waals surface area contributed by atoms with E-state index in [4.69, 9.17) is 4.74 Å². The van der Waals surface area contributed by atoms with Crippen molar-refractivity contribution in [2.75, 3.05) is 23.7 Å². The highest BCUT2D eigenvalue weighted by Gasteiger charge is 2.28. The Bertz CT molecular complexity index is 874. The Hall–Kier alpha value is -2.87. The van der Waals surface area contributed by atoms with E-state index in [9.17, 15) is 14.4 Å². The first-order chi connectivity index (χ1) is 13.8. The quantitative estimate of drug-likeness (QED) is 0.637. The van der Waals surface area contributed by atoms with Gasteiger partial charge in [-0.2, -0.15) is 0 Å². The van der Waals surface area contributed by atoms with Crippen LogP contribution >= 0.6 is 11.3 Å². The van der Waals surface area contributed by atoms with Crippen molar-refractivity contribution in [2.24, 2.45) is 0 Å². The summed E-state index contributed by atoms with van der Waals surface area (Å²) in [7, 11) is 0. The van der Waals surface area contributed by atoms with Crippen molar-refractivity contribution in [3.05, 3.63) is 46.3 Å². The first-order valence-electron chi connectivity index (χ1n) is 9.55. The molecule has 0 bridgehead atoms. The zero-order valence-electron chi connectivity index (χ0n) is 17.4. The van der Waals surface area contributed by atoms with Crippen LogP contribution in [0.5, 0.6) is 0 Å². The zero-order valence-corrected chi connectivity index (χ0v) is 18.2. The molecule has 0 aliphatic heterocycles. The van der Waals surface area contributed by atoms with Crippen LogP contribution in [0.15, 0.2) is 30.3 Å². The molecule has 0 fully saturated rings. The predicted molar refractivity (Wildman–Crippen MR) is 116 cm³/mol. The van der Waals surface area contributed by atoms with Crippen molar-refractivity contribution < 1.29 is 19.1 Å². The number of thiophene rings is 1. The molecule has 2 aromatic rings. The highest BCUT2D eigenvalue weighted by Crippen LogP contribution is 2.35. The number of benzene rings is 1. The molecule has 8 heteroatoms. The van der Waals surface area contributed by atoms with E-state index >= 15 is 0 Å². The Morgan fingerprint density at radius 3 is 2.24 bits per heavy atom. The van der Waals surface area contributed by atoms with E-state index in [1.165, 1.54) is 0 Å². The van der Waals surface area contributed by atoms with Gasteiger partial charge in [-0.15, -0.1) is 11.3 Å². The summed E-state index contributed by atoms with van der Waals surface area (Å²) in [5.74, 6) is -0.741. The van der Waals surface area contributed by atoms with Crippen LogP contribution < -0.4 is 10.6 Å². The fourth-order valence-corrected chi connectivity index (χ4v) is 3.92. The van der Waals surface area contributed by atoms with Crippen LogP contribution in [0.1, 0.15) is 53.3 Å². The van der Waals surface area contributed by atoms with E-state index in [1.807, 2.05) is 19.9 Å². The molecule has 0 spiro atoms. The number of ether oxygens (including phenoxy) is 1. The van der Waals surface area contributed by atoms with Gasteiger partial charge in [-0.25, -0.2) is 9.59 Å². The lowest BCUT2D eigenvalue weighted by atomic mass is 10.1.